The van der Waals surface area contributed by atoms with E-state index < -0.39 is 0 Å². The molecule has 6 heteroatoms. The van der Waals surface area contributed by atoms with Crippen LogP contribution in [-0.2, 0) is 16.3 Å². The van der Waals surface area contributed by atoms with Gasteiger partial charge in [0, 0.05) is 17.1 Å². The Morgan fingerprint density at radius 1 is 1.14 bits per heavy atom. The van der Waals surface area contributed by atoms with Crippen molar-refractivity contribution in [2.75, 3.05) is 11.9 Å². The van der Waals surface area contributed by atoms with Gasteiger partial charge in [0.25, 0.3) is 5.91 Å². The molecule has 0 saturated carbocycles. The fraction of sp³-hybridized carbons (Fsp3) is 0.304. The summed E-state index contributed by atoms with van der Waals surface area (Å²) in [5.41, 5.74) is 5.51. The smallest absolute Gasteiger partial charge is 0.263 e. The third-order valence-electron chi connectivity index (χ3n) is 5.00. The summed E-state index contributed by atoms with van der Waals surface area (Å²) in [5.74, 6) is 3.44. The minimum Gasteiger partial charge on any atom is -0.484 e. The quantitative estimate of drug-likeness (QED) is 0.620. The van der Waals surface area contributed by atoms with E-state index in [1.165, 1.54) is 11.1 Å². The lowest BCUT2D eigenvalue weighted by Crippen LogP contribution is -2.22. The van der Waals surface area contributed by atoms with E-state index in [1.807, 2.05) is 65.0 Å². The molecule has 1 N–H and O–H groups in total. The molecule has 1 aliphatic rings. The average Bonchev–Trinajstić information content (AvgIpc) is 3.30. The highest BCUT2D eigenvalue weighted by Gasteiger charge is 2.24. The lowest BCUT2D eigenvalue weighted by atomic mass is 10.0. The zero-order chi connectivity index (χ0) is 20.4. The Kier molecular flexibility index (Phi) is 5.62. The summed E-state index contributed by atoms with van der Waals surface area (Å²) < 4.78 is 7.52. The van der Waals surface area contributed by atoms with Crippen LogP contribution in [0.15, 0.2) is 48.5 Å². The molecule has 0 radical (unpaired) electrons. The van der Waals surface area contributed by atoms with Gasteiger partial charge in [0.2, 0.25) is 0 Å². The molecule has 0 saturated heterocycles. The van der Waals surface area contributed by atoms with E-state index in [1.54, 1.807) is 0 Å². The predicted molar refractivity (Wildman–Crippen MR) is 118 cm³/mol. The van der Waals surface area contributed by atoms with Crippen LogP contribution in [0.4, 0.5) is 5.82 Å². The number of carbonyl (C=O) groups is 1. The number of hydrogen-bond donors (Lipinski definition) is 1. The Hall–Kier alpha value is -2.73. The lowest BCUT2D eigenvalue weighted by molar-refractivity contribution is -0.118. The average molecular weight is 408 g/mol. The summed E-state index contributed by atoms with van der Waals surface area (Å²) in [6.45, 7) is 6.31. The van der Waals surface area contributed by atoms with E-state index in [4.69, 9.17) is 9.84 Å². The first-order valence-electron chi connectivity index (χ1n) is 9.79. The molecule has 4 rings (SSSR count). The Morgan fingerprint density at radius 3 is 2.55 bits per heavy atom. The van der Waals surface area contributed by atoms with E-state index in [-0.39, 0.29) is 12.5 Å². The van der Waals surface area contributed by atoms with Crippen molar-refractivity contribution in [2.45, 2.75) is 38.2 Å². The van der Waals surface area contributed by atoms with Crippen molar-refractivity contribution in [3.8, 4) is 11.4 Å². The van der Waals surface area contributed by atoms with Crippen molar-refractivity contribution in [3.63, 3.8) is 0 Å². The van der Waals surface area contributed by atoms with Gasteiger partial charge in [0.15, 0.2) is 6.61 Å². The topological polar surface area (TPSA) is 56.2 Å². The molecule has 3 aromatic rings. The first kappa shape index (κ1) is 19.6. The monoisotopic (exact) mass is 407 g/mol. The number of thioether (sulfide) groups is 1. The van der Waals surface area contributed by atoms with Gasteiger partial charge < -0.3 is 10.1 Å². The third-order valence-corrected chi connectivity index (χ3v) is 5.98. The number of nitrogens with one attached hydrogen (secondary N) is 1. The highest BCUT2D eigenvalue weighted by atomic mass is 32.2. The number of fused-ring (bicyclic) bond motifs is 1. The van der Waals surface area contributed by atoms with Crippen LogP contribution in [-0.4, -0.2) is 22.3 Å². The number of amides is 1. The van der Waals surface area contributed by atoms with Crippen LogP contribution in [0.5, 0.6) is 5.75 Å². The number of aromatic nitrogens is 2. The number of benzene rings is 2. The molecule has 1 aromatic heterocycles. The first-order chi connectivity index (χ1) is 14.0. The van der Waals surface area contributed by atoms with Crippen molar-refractivity contribution >= 4 is 23.5 Å². The molecule has 1 amide bonds. The van der Waals surface area contributed by atoms with E-state index in [0.717, 1.165) is 34.3 Å². The van der Waals surface area contributed by atoms with E-state index >= 15 is 0 Å². The van der Waals surface area contributed by atoms with Gasteiger partial charge in [0.1, 0.15) is 11.6 Å². The third kappa shape index (κ3) is 4.32. The van der Waals surface area contributed by atoms with Crippen molar-refractivity contribution in [1.82, 2.24) is 9.78 Å². The minimum absolute atomic E-state index is 0.0397. The summed E-state index contributed by atoms with van der Waals surface area (Å²) >= 11 is 1.81. The van der Waals surface area contributed by atoms with Crippen LogP contribution in [0, 0.1) is 6.92 Å². The molecule has 0 atom stereocenters. The van der Waals surface area contributed by atoms with Crippen molar-refractivity contribution in [3.05, 3.63) is 70.9 Å². The molecule has 29 heavy (non-hydrogen) atoms. The second kappa shape index (κ2) is 8.33. The number of rotatable bonds is 6. The second-order valence-corrected chi connectivity index (χ2v) is 8.56. The van der Waals surface area contributed by atoms with Crippen molar-refractivity contribution in [1.29, 1.82) is 0 Å². The van der Waals surface area contributed by atoms with Gasteiger partial charge in [-0.05, 0) is 42.7 Å². The molecule has 0 spiro atoms. The van der Waals surface area contributed by atoms with Crippen LogP contribution in [0.2, 0.25) is 0 Å². The van der Waals surface area contributed by atoms with Gasteiger partial charge in [-0.15, -0.1) is 0 Å². The zero-order valence-electron chi connectivity index (χ0n) is 16.9. The van der Waals surface area contributed by atoms with Crippen LogP contribution in [0.1, 0.15) is 42.1 Å². The van der Waals surface area contributed by atoms with E-state index in [0.29, 0.717) is 11.7 Å². The number of nitrogens with zero attached hydrogens (tertiary/aromatic N) is 2. The van der Waals surface area contributed by atoms with Crippen LogP contribution >= 0.6 is 11.8 Å². The number of anilines is 1. The Balaban J connectivity index is 1.48. The number of carbonyl (C=O) groups excluding carboxylic acids is 1. The number of hydrogen-bond acceptors (Lipinski definition) is 4. The molecule has 2 heterocycles. The normalized spacial score (nSPS) is 12.8. The lowest BCUT2D eigenvalue weighted by Gasteiger charge is -2.12. The molecule has 0 aliphatic carbocycles. The van der Waals surface area contributed by atoms with Crippen molar-refractivity contribution < 1.29 is 9.53 Å². The highest BCUT2D eigenvalue weighted by molar-refractivity contribution is 7.98. The molecular weight excluding hydrogens is 382 g/mol. The summed E-state index contributed by atoms with van der Waals surface area (Å²) in [5, 5.41) is 7.76. The molecule has 2 aromatic carbocycles. The Labute approximate surface area is 175 Å². The van der Waals surface area contributed by atoms with Crippen molar-refractivity contribution in [2.24, 2.45) is 0 Å². The minimum atomic E-state index is -0.189. The zero-order valence-corrected chi connectivity index (χ0v) is 17.8. The van der Waals surface area contributed by atoms with Crippen LogP contribution in [0.3, 0.4) is 0 Å². The van der Waals surface area contributed by atoms with Gasteiger partial charge in [-0.1, -0.05) is 43.7 Å². The first-order valence-corrected chi connectivity index (χ1v) is 10.9. The highest BCUT2D eigenvalue weighted by Crippen LogP contribution is 2.36. The fourth-order valence-corrected chi connectivity index (χ4v) is 4.31. The SMILES string of the molecule is Cc1ccc(-n2nc3c(c2NC(=O)COc2ccc(C(C)C)cc2)CSC3)cc1. The fourth-order valence-electron chi connectivity index (χ4n) is 3.28. The molecule has 1 aliphatic heterocycles. The van der Waals surface area contributed by atoms with E-state index in [2.05, 4.69) is 26.1 Å². The van der Waals surface area contributed by atoms with Gasteiger partial charge in [0.05, 0.1) is 11.4 Å². The molecule has 0 unspecified atom stereocenters. The summed E-state index contributed by atoms with van der Waals surface area (Å²) in [6.07, 6.45) is 0. The maximum atomic E-state index is 12.6. The summed E-state index contributed by atoms with van der Waals surface area (Å²) in [6, 6.07) is 16.0. The second-order valence-electron chi connectivity index (χ2n) is 7.57. The van der Waals surface area contributed by atoms with Gasteiger partial charge in [-0.25, -0.2) is 4.68 Å². The largest absolute Gasteiger partial charge is 0.484 e. The molecule has 150 valence electrons. The number of aryl methyl sites for hydroxylation is 1. The standard InChI is InChI=1S/C23H25N3O2S/c1-15(2)17-6-10-19(11-7-17)28-12-22(27)24-23-20-13-29-14-21(20)25-26(23)18-8-4-16(3)5-9-18/h4-11,15H,12-14H2,1-3H3,(H,24,27). The molecule has 0 bridgehead atoms. The van der Waals surface area contributed by atoms with Crippen LogP contribution < -0.4 is 10.1 Å². The molecule has 5 nitrogen and oxygen atoms in total. The maximum absolute atomic E-state index is 12.6. The molecular formula is C23H25N3O2S. The van der Waals surface area contributed by atoms with Gasteiger partial charge in [-0.2, -0.15) is 16.9 Å². The Bertz CT molecular complexity index is 1010. The Morgan fingerprint density at radius 2 is 1.86 bits per heavy atom. The molecule has 0 fully saturated rings. The van der Waals surface area contributed by atoms with Gasteiger partial charge in [-0.3, -0.25) is 4.79 Å². The predicted octanol–water partition coefficient (Wildman–Crippen LogP) is 5.07. The summed E-state index contributed by atoms with van der Waals surface area (Å²) in [4.78, 5) is 12.6. The summed E-state index contributed by atoms with van der Waals surface area (Å²) in [7, 11) is 0. The number of ether oxygens (including phenoxy) is 1. The van der Waals surface area contributed by atoms with Crippen LogP contribution in [0.25, 0.3) is 5.69 Å². The maximum Gasteiger partial charge on any atom is 0.263 e. The van der Waals surface area contributed by atoms with Gasteiger partial charge >= 0.3 is 0 Å². The van der Waals surface area contributed by atoms with E-state index in [9.17, 15) is 4.79 Å².